The minimum Gasteiger partial charge on any atom is -0.504 e. The zero-order chi connectivity index (χ0) is 25.1. The molecule has 35 heavy (non-hydrogen) atoms. The third-order valence-corrected chi connectivity index (χ3v) is 6.99. The highest BCUT2D eigenvalue weighted by molar-refractivity contribution is 5.88. The van der Waals surface area contributed by atoms with Gasteiger partial charge in [-0.05, 0) is 51.4 Å². The van der Waals surface area contributed by atoms with Gasteiger partial charge in [0.25, 0.3) is 0 Å². The molecule has 1 aliphatic carbocycles. The molecule has 0 saturated carbocycles. The van der Waals surface area contributed by atoms with Crippen molar-refractivity contribution in [3.05, 3.63) is 89.0 Å². The number of hydrogen-bond donors (Lipinski definition) is 5. The van der Waals surface area contributed by atoms with Gasteiger partial charge < -0.3 is 25.5 Å². The van der Waals surface area contributed by atoms with Crippen LogP contribution in [0.25, 0.3) is 33.9 Å². The van der Waals surface area contributed by atoms with E-state index in [1.807, 2.05) is 19.1 Å². The fourth-order valence-corrected chi connectivity index (χ4v) is 5.00. The Morgan fingerprint density at radius 3 is 1.89 bits per heavy atom. The Balaban J connectivity index is 1.48. The summed E-state index contributed by atoms with van der Waals surface area (Å²) in [6.45, 7) is 6.51. The van der Waals surface area contributed by atoms with Crippen LogP contribution in [0.2, 0.25) is 0 Å². The van der Waals surface area contributed by atoms with Gasteiger partial charge in [-0.25, -0.2) is 0 Å². The lowest BCUT2D eigenvalue weighted by atomic mass is 9.82. The molecule has 5 N–H and O–H groups in total. The molecule has 0 amide bonds. The van der Waals surface area contributed by atoms with Crippen molar-refractivity contribution in [2.24, 2.45) is 0 Å². The van der Waals surface area contributed by atoms with Gasteiger partial charge in [0.15, 0.2) is 11.5 Å². The first-order chi connectivity index (χ1) is 16.6. The van der Waals surface area contributed by atoms with Crippen LogP contribution in [-0.4, -0.2) is 25.5 Å². The first-order valence-corrected chi connectivity index (χ1v) is 11.3. The number of benzene rings is 4. The van der Waals surface area contributed by atoms with Crippen molar-refractivity contribution in [2.45, 2.75) is 26.2 Å². The minimum atomic E-state index is -0.972. The maximum atomic E-state index is 10.2. The fraction of sp³-hybridized carbons (Fsp3) is 0.133. The predicted octanol–water partition coefficient (Wildman–Crippen LogP) is 6.75. The van der Waals surface area contributed by atoms with Gasteiger partial charge in [0.1, 0.15) is 0 Å². The highest BCUT2D eigenvalue weighted by Crippen LogP contribution is 2.54. The Bertz CT molecular complexity index is 1480. The third-order valence-electron chi connectivity index (χ3n) is 6.99. The zero-order valence-corrected chi connectivity index (χ0v) is 19.7. The van der Waals surface area contributed by atoms with Gasteiger partial charge in [-0.15, -0.1) is 0 Å². The molecule has 5 heteroatoms. The van der Waals surface area contributed by atoms with E-state index < -0.39 is 28.7 Å². The van der Waals surface area contributed by atoms with Crippen molar-refractivity contribution in [1.29, 1.82) is 0 Å². The van der Waals surface area contributed by atoms with Gasteiger partial charge in [0, 0.05) is 5.41 Å². The molecule has 0 atom stereocenters. The molecular formula is C30H26O5. The summed E-state index contributed by atoms with van der Waals surface area (Å²) in [5, 5.41) is 49.7. The lowest BCUT2D eigenvalue weighted by molar-refractivity contribution is 0.330. The van der Waals surface area contributed by atoms with Crippen molar-refractivity contribution in [3.63, 3.8) is 0 Å². The van der Waals surface area contributed by atoms with Crippen molar-refractivity contribution in [2.75, 3.05) is 0 Å². The summed E-state index contributed by atoms with van der Waals surface area (Å²) in [6, 6.07) is 22.1. The number of hydrogen-bond acceptors (Lipinski definition) is 5. The SMILES string of the molecule is C/C(=C/c1ccc2c(c1)C(C)(C)c1ccccc1-2)c1ccc(-c2c(O)c(O)c(O)c(O)c2O)cc1. The van der Waals surface area contributed by atoms with Crippen LogP contribution in [0.5, 0.6) is 28.7 Å². The molecule has 4 aromatic rings. The molecule has 0 bridgehead atoms. The predicted molar refractivity (Wildman–Crippen MR) is 138 cm³/mol. The van der Waals surface area contributed by atoms with Crippen LogP contribution in [0.4, 0.5) is 0 Å². The van der Waals surface area contributed by atoms with Crippen LogP contribution in [0.15, 0.2) is 66.7 Å². The number of phenols is 5. The molecule has 5 rings (SSSR count). The first kappa shape index (κ1) is 22.4. The van der Waals surface area contributed by atoms with Gasteiger partial charge in [-0.2, -0.15) is 0 Å². The largest absolute Gasteiger partial charge is 0.504 e. The van der Waals surface area contributed by atoms with E-state index in [1.54, 1.807) is 12.1 Å². The zero-order valence-electron chi connectivity index (χ0n) is 19.7. The van der Waals surface area contributed by atoms with Crippen LogP contribution < -0.4 is 0 Å². The maximum absolute atomic E-state index is 10.2. The van der Waals surface area contributed by atoms with Gasteiger partial charge >= 0.3 is 0 Å². The molecule has 0 aromatic heterocycles. The summed E-state index contributed by atoms with van der Waals surface area (Å²) < 4.78 is 0. The molecule has 0 heterocycles. The van der Waals surface area contributed by atoms with Crippen LogP contribution in [0, 0.1) is 0 Å². The molecule has 4 aromatic carbocycles. The Morgan fingerprint density at radius 1 is 0.657 bits per heavy atom. The molecule has 0 spiro atoms. The van der Waals surface area contributed by atoms with Crippen LogP contribution in [-0.2, 0) is 5.41 Å². The van der Waals surface area contributed by atoms with E-state index in [2.05, 4.69) is 62.4 Å². The van der Waals surface area contributed by atoms with Crippen molar-refractivity contribution in [1.82, 2.24) is 0 Å². The average Bonchev–Trinajstić information content (AvgIpc) is 3.08. The Kier molecular flexibility index (Phi) is 5.02. The Hall–Kier alpha value is -4.38. The number of allylic oxidation sites excluding steroid dienone is 1. The lowest BCUT2D eigenvalue weighted by Crippen LogP contribution is -2.14. The highest BCUT2D eigenvalue weighted by atomic mass is 16.4. The van der Waals surface area contributed by atoms with E-state index >= 15 is 0 Å². The standard InChI is InChI=1S/C30H26O5/c1-16(14-17-8-13-21-20-6-4-5-7-22(20)30(2,3)23(21)15-17)18-9-11-19(12-10-18)24-25(31)27(33)29(35)28(34)26(24)32/h4-15,31-35H,1-3H3/b16-14-. The molecule has 0 fully saturated rings. The molecule has 0 radical (unpaired) electrons. The van der Waals surface area contributed by atoms with E-state index in [9.17, 15) is 25.5 Å². The number of fused-ring (bicyclic) bond motifs is 3. The second kappa shape index (κ2) is 7.84. The topological polar surface area (TPSA) is 101 Å². The Morgan fingerprint density at radius 2 is 1.23 bits per heavy atom. The average molecular weight is 467 g/mol. The lowest BCUT2D eigenvalue weighted by Gasteiger charge is -2.21. The monoisotopic (exact) mass is 466 g/mol. The summed E-state index contributed by atoms with van der Waals surface area (Å²) in [7, 11) is 0. The van der Waals surface area contributed by atoms with Gasteiger partial charge in [0.2, 0.25) is 17.2 Å². The van der Waals surface area contributed by atoms with E-state index in [0.717, 1.165) is 16.7 Å². The van der Waals surface area contributed by atoms with Gasteiger partial charge in [-0.3, -0.25) is 0 Å². The first-order valence-electron chi connectivity index (χ1n) is 11.3. The summed E-state index contributed by atoms with van der Waals surface area (Å²) in [4.78, 5) is 0. The molecule has 1 aliphatic rings. The minimum absolute atomic E-state index is 0.0728. The van der Waals surface area contributed by atoms with Crippen molar-refractivity contribution >= 4 is 11.6 Å². The Labute approximate surface area is 203 Å². The molecule has 5 nitrogen and oxygen atoms in total. The van der Waals surface area contributed by atoms with Crippen LogP contribution >= 0.6 is 0 Å². The van der Waals surface area contributed by atoms with Crippen molar-refractivity contribution in [3.8, 4) is 51.0 Å². The van der Waals surface area contributed by atoms with Crippen LogP contribution in [0.1, 0.15) is 43.0 Å². The highest BCUT2D eigenvalue weighted by Gasteiger charge is 2.35. The molecule has 176 valence electrons. The normalized spacial score (nSPS) is 14.0. The molecule has 0 aliphatic heterocycles. The summed E-state index contributed by atoms with van der Waals surface area (Å²) in [6.07, 6.45) is 2.11. The molecule has 0 saturated heterocycles. The smallest absolute Gasteiger partial charge is 0.208 e. The van der Waals surface area contributed by atoms with Crippen molar-refractivity contribution < 1.29 is 25.5 Å². The molecule has 0 unspecified atom stereocenters. The van der Waals surface area contributed by atoms with E-state index in [1.165, 1.54) is 22.3 Å². The second-order valence-corrected chi connectivity index (χ2v) is 9.50. The van der Waals surface area contributed by atoms with E-state index in [0.29, 0.717) is 5.56 Å². The van der Waals surface area contributed by atoms with Crippen LogP contribution in [0.3, 0.4) is 0 Å². The second-order valence-electron chi connectivity index (χ2n) is 9.50. The number of aromatic hydroxyl groups is 5. The summed E-state index contributed by atoms with van der Waals surface area (Å²) in [5.74, 6) is -4.17. The van der Waals surface area contributed by atoms with E-state index in [4.69, 9.17) is 0 Å². The number of rotatable bonds is 3. The summed E-state index contributed by atoms with van der Waals surface area (Å²) >= 11 is 0. The fourth-order valence-electron chi connectivity index (χ4n) is 5.00. The maximum Gasteiger partial charge on any atom is 0.208 e. The van der Waals surface area contributed by atoms with Gasteiger partial charge in [0.05, 0.1) is 5.56 Å². The van der Waals surface area contributed by atoms with Gasteiger partial charge in [-0.1, -0.05) is 86.7 Å². The number of phenolic OH excluding ortho intramolecular Hbond substituents is 5. The summed E-state index contributed by atoms with van der Waals surface area (Å²) in [5.41, 5.74) is 8.38. The van der Waals surface area contributed by atoms with E-state index in [-0.39, 0.29) is 11.0 Å². The third kappa shape index (κ3) is 3.39. The molecular weight excluding hydrogens is 440 g/mol. The quantitative estimate of drug-likeness (QED) is 0.131.